The molecule has 1 amide bonds. The van der Waals surface area contributed by atoms with Crippen LogP contribution in [0.5, 0.6) is 5.75 Å². The summed E-state index contributed by atoms with van der Waals surface area (Å²) in [4.78, 5) is 27.0. The van der Waals surface area contributed by atoms with Crippen LogP contribution in [-0.2, 0) is 0 Å². The molecule has 0 aliphatic carbocycles. The van der Waals surface area contributed by atoms with E-state index >= 15 is 0 Å². The SMILES string of the molecule is COc1ccc(C(=O)Nc2ccc3ncccc3c2)cc1[N+](=O)[O-]. The van der Waals surface area contributed by atoms with Crippen molar-refractivity contribution in [3.05, 3.63) is 70.4 Å². The number of hydrogen-bond donors (Lipinski definition) is 1. The molecule has 0 saturated carbocycles. The molecule has 7 nitrogen and oxygen atoms in total. The molecule has 0 spiro atoms. The molecule has 1 aromatic heterocycles. The number of hydrogen-bond acceptors (Lipinski definition) is 5. The van der Waals surface area contributed by atoms with Crippen molar-refractivity contribution in [2.24, 2.45) is 0 Å². The number of fused-ring (bicyclic) bond motifs is 1. The number of carbonyl (C=O) groups excluding carboxylic acids is 1. The number of anilines is 1. The van der Waals surface area contributed by atoms with E-state index in [1.807, 2.05) is 6.07 Å². The molecule has 0 fully saturated rings. The molecule has 0 saturated heterocycles. The maximum Gasteiger partial charge on any atom is 0.311 e. The Balaban J connectivity index is 1.88. The Bertz CT molecular complexity index is 940. The Hall–Kier alpha value is -3.48. The van der Waals surface area contributed by atoms with E-state index in [0.29, 0.717) is 5.69 Å². The van der Waals surface area contributed by atoms with Crippen LogP contribution in [0, 0.1) is 10.1 Å². The second kappa shape index (κ2) is 6.33. The molecule has 1 N–H and O–H groups in total. The van der Waals surface area contributed by atoms with Gasteiger partial charge in [-0.1, -0.05) is 6.07 Å². The van der Waals surface area contributed by atoms with Crippen LogP contribution in [0.15, 0.2) is 54.7 Å². The van der Waals surface area contributed by atoms with Crippen molar-refractivity contribution in [1.82, 2.24) is 4.98 Å². The minimum atomic E-state index is -0.586. The van der Waals surface area contributed by atoms with Crippen molar-refractivity contribution in [3.8, 4) is 5.75 Å². The van der Waals surface area contributed by atoms with Gasteiger partial charge in [0.2, 0.25) is 0 Å². The number of nitrogens with one attached hydrogen (secondary N) is 1. The molecular weight excluding hydrogens is 310 g/mol. The maximum absolute atomic E-state index is 12.3. The lowest BCUT2D eigenvalue weighted by atomic mass is 10.1. The summed E-state index contributed by atoms with van der Waals surface area (Å²) >= 11 is 0. The standard InChI is InChI=1S/C17H13N3O4/c1-24-16-7-4-12(10-15(16)20(22)23)17(21)19-13-5-6-14-11(9-13)3-2-8-18-14/h2-10H,1H3,(H,19,21). The lowest BCUT2D eigenvalue weighted by Crippen LogP contribution is -2.12. The maximum atomic E-state index is 12.3. The van der Waals surface area contributed by atoms with Crippen LogP contribution < -0.4 is 10.1 Å². The highest BCUT2D eigenvalue weighted by Crippen LogP contribution is 2.28. The molecule has 0 unspecified atom stereocenters. The molecule has 1 heterocycles. The topological polar surface area (TPSA) is 94.4 Å². The fourth-order valence-corrected chi connectivity index (χ4v) is 2.33. The van der Waals surface area contributed by atoms with Crippen molar-refractivity contribution in [2.45, 2.75) is 0 Å². The number of ether oxygens (including phenoxy) is 1. The monoisotopic (exact) mass is 323 g/mol. The van der Waals surface area contributed by atoms with E-state index in [1.54, 1.807) is 30.5 Å². The van der Waals surface area contributed by atoms with Gasteiger partial charge in [-0.15, -0.1) is 0 Å². The van der Waals surface area contributed by atoms with Crippen LogP contribution in [0.3, 0.4) is 0 Å². The average Bonchev–Trinajstić information content (AvgIpc) is 2.61. The number of nitro groups is 1. The Morgan fingerprint density at radius 2 is 2.04 bits per heavy atom. The van der Waals surface area contributed by atoms with E-state index in [-0.39, 0.29) is 17.0 Å². The first-order valence-electron chi connectivity index (χ1n) is 7.07. The fourth-order valence-electron chi connectivity index (χ4n) is 2.33. The summed E-state index contributed by atoms with van der Waals surface area (Å²) in [7, 11) is 1.34. The molecule has 0 aliphatic heterocycles. The largest absolute Gasteiger partial charge is 0.490 e. The van der Waals surface area contributed by atoms with Crippen molar-refractivity contribution >= 4 is 28.2 Å². The first-order chi connectivity index (χ1) is 11.6. The summed E-state index contributed by atoms with van der Waals surface area (Å²) < 4.78 is 4.93. The smallest absolute Gasteiger partial charge is 0.311 e. The summed E-state index contributed by atoms with van der Waals surface area (Å²) in [5, 5.41) is 14.7. The van der Waals surface area contributed by atoms with Crippen LogP contribution in [0.2, 0.25) is 0 Å². The summed E-state index contributed by atoms with van der Waals surface area (Å²) in [5.41, 5.74) is 1.32. The fraction of sp³-hybridized carbons (Fsp3) is 0.0588. The molecule has 3 aromatic rings. The summed E-state index contributed by atoms with van der Waals surface area (Å²) in [6.45, 7) is 0. The highest BCUT2D eigenvalue weighted by atomic mass is 16.6. The van der Waals surface area contributed by atoms with Gasteiger partial charge in [0, 0.05) is 28.9 Å². The minimum Gasteiger partial charge on any atom is -0.490 e. The number of carbonyl (C=O) groups is 1. The summed E-state index contributed by atoms with van der Waals surface area (Å²) in [6.07, 6.45) is 1.69. The predicted octanol–water partition coefficient (Wildman–Crippen LogP) is 3.40. The summed E-state index contributed by atoms with van der Waals surface area (Å²) in [5.74, 6) is -0.336. The number of methoxy groups -OCH3 is 1. The highest BCUT2D eigenvalue weighted by Gasteiger charge is 2.18. The Morgan fingerprint density at radius 3 is 2.79 bits per heavy atom. The quantitative estimate of drug-likeness (QED) is 0.586. The number of amides is 1. The lowest BCUT2D eigenvalue weighted by Gasteiger charge is -2.07. The molecule has 0 aliphatic rings. The van der Waals surface area contributed by atoms with Gasteiger partial charge in [-0.05, 0) is 36.4 Å². The van der Waals surface area contributed by atoms with E-state index in [4.69, 9.17) is 4.74 Å². The van der Waals surface area contributed by atoms with E-state index in [9.17, 15) is 14.9 Å². The Kier molecular flexibility index (Phi) is 4.07. The lowest BCUT2D eigenvalue weighted by molar-refractivity contribution is -0.385. The zero-order chi connectivity index (χ0) is 17.1. The number of nitro benzene ring substituents is 1. The molecule has 120 valence electrons. The average molecular weight is 323 g/mol. The second-order valence-corrected chi connectivity index (χ2v) is 5.01. The van der Waals surface area contributed by atoms with Gasteiger partial charge in [-0.25, -0.2) is 0 Å². The van der Waals surface area contributed by atoms with E-state index < -0.39 is 10.8 Å². The van der Waals surface area contributed by atoms with Crippen molar-refractivity contribution < 1.29 is 14.5 Å². The van der Waals surface area contributed by atoms with Gasteiger partial charge in [-0.3, -0.25) is 19.9 Å². The number of pyridine rings is 1. The number of benzene rings is 2. The molecule has 0 radical (unpaired) electrons. The van der Waals surface area contributed by atoms with E-state index in [2.05, 4.69) is 10.3 Å². The van der Waals surface area contributed by atoms with Gasteiger partial charge in [0.1, 0.15) is 0 Å². The molecule has 3 rings (SSSR count). The molecular formula is C17H13N3O4. The van der Waals surface area contributed by atoms with Crippen LogP contribution in [0.1, 0.15) is 10.4 Å². The normalized spacial score (nSPS) is 10.4. The van der Waals surface area contributed by atoms with E-state index in [1.165, 1.54) is 25.3 Å². The molecule has 0 atom stereocenters. The molecule has 2 aromatic carbocycles. The van der Waals surface area contributed by atoms with Crippen molar-refractivity contribution in [1.29, 1.82) is 0 Å². The van der Waals surface area contributed by atoms with Gasteiger partial charge < -0.3 is 10.1 Å². The number of rotatable bonds is 4. The van der Waals surface area contributed by atoms with Gasteiger partial charge in [0.25, 0.3) is 5.91 Å². The second-order valence-electron chi connectivity index (χ2n) is 5.01. The highest BCUT2D eigenvalue weighted by molar-refractivity contribution is 6.05. The number of aromatic nitrogens is 1. The third-order valence-electron chi connectivity index (χ3n) is 3.50. The Morgan fingerprint density at radius 1 is 1.21 bits per heavy atom. The van der Waals surface area contributed by atoms with Crippen LogP contribution in [0.4, 0.5) is 11.4 Å². The van der Waals surface area contributed by atoms with Crippen LogP contribution in [0.25, 0.3) is 10.9 Å². The summed E-state index contributed by atoms with van der Waals surface area (Å²) in [6, 6.07) is 13.1. The van der Waals surface area contributed by atoms with Gasteiger partial charge in [-0.2, -0.15) is 0 Å². The molecule has 24 heavy (non-hydrogen) atoms. The molecule has 7 heteroatoms. The third-order valence-corrected chi connectivity index (χ3v) is 3.50. The molecule has 0 bridgehead atoms. The van der Waals surface area contributed by atoms with Gasteiger partial charge in [0.05, 0.1) is 17.5 Å². The Labute approximate surface area is 137 Å². The van der Waals surface area contributed by atoms with Gasteiger partial charge >= 0.3 is 5.69 Å². The third kappa shape index (κ3) is 3.00. The van der Waals surface area contributed by atoms with Crippen molar-refractivity contribution in [2.75, 3.05) is 12.4 Å². The van der Waals surface area contributed by atoms with Crippen molar-refractivity contribution in [3.63, 3.8) is 0 Å². The minimum absolute atomic E-state index is 0.105. The first-order valence-corrected chi connectivity index (χ1v) is 7.07. The van der Waals surface area contributed by atoms with Crippen LogP contribution >= 0.6 is 0 Å². The number of nitrogens with zero attached hydrogens (tertiary/aromatic N) is 2. The van der Waals surface area contributed by atoms with E-state index in [0.717, 1.165) is 10.9 Å². The zero-order valence-corrected chi connectivity index (χ0v) is 12.7. The first kappa shape index (κ1) is 15.4. The zero-order valence-electron chi connectivity index (χ0n) is 12.7. The predicted molar refractivity (Wildman–Crippen MR) is 89.3 cm³/mol. The van der Waals surface area contributed by atoms with Gasteiger partial charge in [0.15, 0.2) is 5.75 Å². The van der Waals surface area contributed by atoms with Crippen LogP contribution in [-0.4, -0.2) is 22.9 Å².